The summed E-state index contributed by atoms with van der Waals surface area (Å²) >= 11 is 6.17. The van der Waals surface area contributed by atoms with E-state index in [4.69, 9.17) is 28.0 Å². The average molecular weight is 523 g/mol. The molecule has 8 nitrogen and oxygen atoms in total. The third-order valence-electron chi connectivity index (χ3n) is 4.79. The number of rotatable bonds is 10. The van der Waals surface area contributed by atoms with Gasteiger partial charge in [-0.2, -0.15) is 13.5 Å². The highest BCUT2D eigenvalue weighted by molar-refractivity contribution is 7.86. The Morgan fingerprint density at radius 2 is 1.66 bits per heavy atom. The van der Waals surface area contributed by atoms with E-state index in [1.807, 2.05) is 27.7 Å². The van der Waals surface area contributed by atoms with Crippen LogP contribution in [0.5, 0.6) is 5.75 Å². The Labute approximate surface area is 213 Å². The van der Waals surface area contributed by atoms with Gasteiger partial charge in [0.15, 0.2) is 10.8 Å². The van der Waals surface area contributed by atoms with E-state index in [9.17, 15) is 13.2 Å². The topological polar surface area (TPSA) is 96.7 Å². The summed E-state index contributed by atoms with van der Waals surface area (Å²) < 4.78 is 57.9. The number of ether oxygens (including phenoxy) is 2. The van der Waals surface area contributed by atoms with Crippen LogP contribution >= 0.6 is 11.6 Å². The lowest BCUT2D eigenvalue weighted by Crippen LogP contribution is -2.36. The Kier molecular flexibility index (Phi) is 7.78. The first kappa shape index (κ1) is 24.0. The van der Waals surface area contributed by atoms with Crippen LogP contribution in [0.15, 0.2) is 64.4 Å². The molecule has 0 spiro atoms. The molecule has 0 atom stereocenters. The second-order valence-corrected chi connectivity index (χ2v) is 10.7. The number of hydrogen-bond acceptors (Lipinski definition) is 7. The molecule has 10 heteroatoms. The minimum atomic E-state index is -3.96. The van der Waals surface area contributed by atoms with E-state index in [0.29, 0.717) is 5.56 Å². The molecule has 0 aliphatic rings. The van der Waals surface area contributed by atoms with E-state index < -0.39 is 27.8 Å². The van der Waals surface area contributed by atoms with Crippen molar-refractivity contribution < 1.29 is 24.8 Å². The van der Waals surface area contributed by atoms with Crippen molar-refractivity contribution in [1.82, 2.24) is 9.78 Å². The summed E-state index contributed by atoms with van der Waals surface area (Å²) in [6.07, 6.45) is 1.39. The normalized spacial score (nSPS) is 13.3. The number of hydrogen-bond donors (Lipinski definition) is 0. The molecule has 35 heavy (non-hydrogen) atoms. The molecular formula is C25H29ClN2O6S. The van der Waals surface area contributed by atoms with E-state index in [1.165, 1.54) is 35.1 Å². The van der Waals surface area contributed by atoms with Crippen LogP contribution < -0.4 is 10.3 Å². The van der Waals surface area contributed by atoms with Gasteiger partial charge in [0.25, 0.3) is 15.7 Å². The van der Waals surface area contributed by atoms with Crippen molar-refractivity contribution in [3.05, 3.63) is 86.8 Å². The minimum Gasteiger partial charge on any atom is -0.485 e. The summed E-state index contributed by atoms with van der Waals surface area (Å²) in [6.45, 7) is 4.62. The number of nitrogens with zero attached hydrogens (tertiary/aromatic N) is 2. The fraction of sp³-hybridized carbons (Fsp3) is 0.360. The minimum absolute atomic E-state index is 0.0198. The van der Waals surface area contributed by atoms with Crippen molar-refractivity contribution in [1.29, 1.82) is 0 Å². The molecule has 3 rings (SSSR count). The Hall–Kier alpha value is -2.72. The monoisotopic (exact) mass is 522 g/mol. The Morgan fingerprint density at radius 3 is 2.29 bits per heavy atom. The summed E-state index contributed by atoms with van der Waals surface area (Å²) in [5.74, 6) is 0.149. The van der Waals surface area contributed by atoms with Crippen LogP contribution in [-0.2, 0) is 37.7 Å². The van der Waals surface area contributed by atoms with Crippen molar-refractivity contribution in [2.45, 2.75) is 51.3 Å². The molecule has 0 saturated carbocycles. The molecule has 0 aliphatic carbocycles. The molecule has 1 aromatic heterocycles. The molecule has 0 fully saturated rings. The van der Waals surface area contributed by atoms with Gasteiger partial charge in [0, 0.05) is 0 Å². The Morgan fingerprint density at radius 1 is 1.03 bits per heavy atom. The largest absolute Gasteiger partial charge is 0.485 e. The first-order valence-corrected chi connectivity index (χ1v) is 12.6. The van der Waals surface area contributed by atoms with Crippen LogP contribution in [-0.4, -0.2) is 31.4 Å². The lowest BCUT2D eigenvalue weighted by molar-refractivity contribution is 0.0907. The van der Waals surface area contributed by atoms with Gasteiger partial charge in [0.2, 0.25) is 0 Å². The molecule has 1 heterocycles. The Bertz CT molecular complexity index is 1390. The van der Waals surface area contributed by atoms with Crippen molar-refractivity contribution in [3.63, 3.8) is 0 Å². The van der Waals surface area contributed by atoms with Gasteiger partial charge in [-0.3, -0.25) is 8.98 Å². The van der Waals surface area contributed by atoms with Crippen LogP contribution in [0.3, 0.4) is 0 Å². The Balaban J connectivity index is 1.55. The van der Waals surface area contributed by atoms with Crippen LogP contribution in [0.4, 0.5) is 0 Å². The van der Waals surface area contributed by atoms with E-state index in [0.717, 1.165) is 5.56 Å². The molecule has 0 N–H and O–H groups in total. The van der Waals surface area contributed by atoms with Crippen LogP contribution in [0.25, 0.3) is 0 Å². The van der Waals surface area contributed by atoms with Gasteiger partial charge in [-0.25, -0.2) is 4.68 Å². The molecular weight excluding hydrogens is 492 g/mol. The molecule has 0 amide bonds. The van der Waals surface area contributed by atoms with E-state index in [-0.39, 0.29) is 41.1 Å². The van der Waals surface area contributed by atoms with Crippen molar-refractivity contribution >= 4 is 21.7 Å². The first-order valence-electron chi connectivity index (χ1n) is 11.8. The van der Waals surface area contributed by atoms with E-state index in [1.54, 1.807) is 24.3 Å². The molecule has 0 saturated heterocycles. The number of halogens is 1. The summed E-state index contributed by atoms with van der Waals surface area (Å²) in [7, 11) is -3.96. The lowest BCUT2D eigenvalue weighted by Gasteiger charge is -2.21. The SMILES string of the molecule is [2H]C([2H])(OCCOS(=O)(=O)c1ccc(C)cc1)c1ccc(COc2cnn(C(C)(C)C)c(=O)c2Cl)cc1. The van der Waals surface area contributed by atoms with Crippen LogP contribution in [0, 0.1) is 6.92 Å². The number of aromatic nitrogens is 2. The predicted molar refractivity (Wildman–Crippen MR) is 133 cm³/mol. The third-order valence-corrected chi connectivity index (χ3v) is 6.47. The maximum absolute atomic E-state index is 12.4. The first-order chi connectivity index (χ1) is 17.2. The van der Waals surface area contributed by atoms with Crippen molar-refractivity contribution in [2.24, 2.45) is 0 Å². The van der Waals surface area contributed by atoms with Crippen molar-refractivity contribution in [3.8, 4) is 5.75 Å². The molecule has 2 aromatic carbocycles. The zero-order valence-corrected chi connectivity index (χ0v) is 21.5. The maximum atomic E-state index is 12.4. The van der Waals surface area contributed by atoms with Gasteiger partial charge in [-0.1, -0.05) is 53.6 Å². The summed E-state index contributed by atoms with van der Waals surface area (Å²) in [6, 6.07) is 12.6. The second-order valence-electron chi connectivity index (χ2n) is 8.74. The quantitative estimate of drug-likeness (QED) is 0.286. The zero-order chi connectivity index (χ0) is 27.4. The fourth-order valence-corrected chi connectivity index (χ4v) is 4.00. The number of aryl methyl sites for hydroxylation is 1. The van der Waals surface area contributed by atoms with E-state index in [2.05, 4.69) is 5.10 Å². The van der Waals surface area contributed by atoms with E-state index >= 15 is 0 Å². The highest BCUT2D eigenvalue weighted by Gasteiger charge is 2.20. The summed E-state index contributed by atoms with van der Waals surface area (Å²) in [5, 5.41) is 4.05. The highest BCUT2D eigenvalue weighted by atomic mass is 35.5. The fourth-order valence-electron chi connectivity index (χ4n) is 2.92. The molecule has 0 unspecified atom stereocenters. The van der Waals surface area contributed by atoms with Crippen LogP contribution in [0.2, 0.25) is 5.02 Å². The molecule has 3 aromatic rings. The molecule has 0 radical (unpaired) electrons. The molecule has 0 bridgehead atoms. The van der Waals surface area contributed by atoms with Gasteiger partial charge in [0.05, 0.1) is 39.1 Å². The molecule has 188 valence electrons. The van der Waals surface area contributed by atoms with Gasteiger partial charge in [-0.05, 0) is 51.0 Å². The lowest BCUT2D eigenvalue weighted by atomic mass is 10.1. The highest BCUT2D eigenvalue weighted by Crippen LogP contribution is 2.22. The van der Waals surface area contributed by atoms with Gasteiger partial charge < -0.3 is 9.47 Å². The second kappa shape index (κ2) is 11.3. The third kappa shape index (κ3) is 7.38. The van der Waals surface area contributed by atoms with Crippen LogP contribution in [0.1, 0.15) is 40.2 Å². The van der Waals surface area contributed by atoms with Gasteiger partial charge in [0.1, 0.15) is 6.61 Å². The van der Waals surface area contributed by atoms with Gasteiger partial charge in [-0.15, -0.1) is 0 Å². The molecule has 0 aliphatic heterocycles. The predicted octanol–water partition coefficient (Wildman–Crippen LogP) is 4.46. The standard InChI is InChI=1S/C25H29ClN2O6S/c1-18-5-11-21(12-6-18)35(30,31)34-14-13-32-16-19-7-9-20(10-8-19)17-33-22-15-27-28(25(2,3)4)24(29)23(22)26/h5-12,15H,13-14,16-17H2,1-4H3/i16D2. The van der Waals surface area contributed by atoms with Crippen molar-refractivity contribution in [2.75, 3.05) is 13.2 Å². The zero-order valence-electron chi connectivity index (χ0n) is 21.9. The van der Waals surface area contributed by atoms with Gasteiger partial charge >= 0.3 is 0 Å². The summed E-state index contributed by atoms with van der Waals surface area (Å²) in [4.78, 5) is 12.5. The summed E-state index contributed by atoms with van der Waals surface area (Å²) in [5.41, 5.74) is 0.855. The number of benzene rings is 2. The average Bonchev–Trinajstić information content (AvgIpc) is 2.82. The maximum Gasteiger partial charge on any atom is 0.297 e. The smallest absolute Gasteiger partial charge is 0.297 e.